The lowest BCUT2D eigenvalue weighted by Gasteiger charge is -2.13. The predicted molar refractivity (Wildman–Crippen MR) is 82.3 cm³/mol. The molecule has 100 valence electrons. The van der Waals surface area contributed by atoms with Crippen molar-refractivity contribution in [2.45, 2.75) is 6.54 Å². The number of nitrogens with zero attached hydrogens (tertiary/aromatic N) is 2. The van der Waals surface area contributed by atoms with E-state index in [4.69, 9.17) is 11.6 Å². The smallest absolute Gasteiger partial charge is 0.106 e. The Morgan fingerprint density at radius 3 is 2.60 bits per heavy atom. The van der Waals surface area contributed by atoms with Gasteiger partial charge in [-0.15, -0.1) is 0 Å². The Kier molecular flexibility index (Phi) is 3.70. The van der Waals surface area contributed by atoms with Crippen LogP contribution in [-0.2, 0) is 6.54 Å². The van der Waals surface area contributed by atoms with Crippen LogP contribution in [0.5, 0.6) is 0 Å². The quantitative estimate of drug-likeness (QED) is 0.780. The number of nitrogens with one attached hydrogen (secondary N) is 1. The first kappa shape index (κ1) is 12.8. The maximum atomic E-state index is 6.30. The van der Waals surface area contributed by atoms with Crippen LogP contribution < -0.4 is 5.32 Å². The van der Waals surface area contributed by atoms with E-state index in [1.165, 1.54) is 5.56 Å². The number of rotatable bonds is 4. The number of aromatic nitrogens is 2. The van der Waals surface area contributed by atoms with Gasteiger partial charge in [0.1, 0.15) is 5.69 Å². The molecule has 3 rings (SSSR count). The third kappa shape index (κ3) is 2.68. The van der Waals surface area contributed by atoms with Crippen molar-refractivity contribution < 1.29 is 0 Å². The maximum Gasteiger partial charge on any atom is 0.106 e. The monoisotopic (exact) mass is 283 g/mol. The molecule has 0 amide bonds. The van der Waals surface area contributed by atoms with Crippen LogP contribution in [0.25, 0.3) is 5.69 Å². The minimum Gasteiger partial charge on any atom is -0.379 e. The average molecular weight is 284 g/mol. The van der Waals surface area contributed by atoms with Crippen molar-refractivity contribution in [1.29, 1.82) is 0 Å². The fourth-order valence-corrected chi connectivity index (χ4v) is 2.35. The van der Waals surface area contributed by atoms with Gasteiger partial charge >= 0.3 is 0 Å². The molecule has 0 fully saturated rings. The van der Waals surface area contributed by atoms with E-state index in [9.17, 15) is 0 Å². The standard InChI is InChI=1S/C16H14ClN3/c17-14-8-4-9-15(16(14)20-11-5-10-19-20)18-12-13-6-2-1-3-7-13/h1-11,18H,12H2. The molecule has 4 heteroatoms. The SMILES string of the molecule is Clc1cccc(NCc2ccccc2)c1-n1cccn1. The summed E-state index contributed by atoms with van der Waals surface area (Å²) in [5.74, 6) is 0. The van der Waals surface area contributed by atoms with Crippen LogP contribution >= 0.6 is 11.6 Å². The normalized spacial score (nSPS) is 10.4. The number of hydrogen-bond donors (Lipinski definition) is 1. The Morgan fingerprint density at radius 1 is 1.00 bits per heavy atom. The van der Waals surface area contributed by atoms with Crippen molar-refractivity contribution >= 4 is 17.3 Å². The highest BCUT2D eigenvalue weighted by molar-refractivity contribution is 6.33. The van der Waals surface area contributed by atoms with Crippen LogP contribution in [0.4, 0.5) is 5.69 Å². The lowest BCUT2D eigenvalue weighted by atomic mass is 10.2. The van der Waals surface area contributed by atoms with Crippen molar-refractivity contribution in [3.63, 3.8) is 0 Å². The molecule has 20 heavy (non-hydrogen) atoms. The molecule has 3 aromatic rings. The van der Waals surface area contributed by atoms with Gasteiger partial charge in [-0.3, -0.25) is 0 Å². The molecule has 0 aliphatic heterocycles. The average Bonchev–Trinajstić information content (AvgIpc) is 3.00. The highest BCUT2D eigenvalue weighted by Gasteiger charge is 2.09. The Labute approximate surface area is 122 Å². The summed E-state index contributed by atoms with van der Waals surface area (Å²) in [7, 11) is 0. The molecule has 0 saturated carbocycles. The van der Waals surface area contributed by atoms with Gasteiger partial charge in [0, 0.05) is 18.9 Å². The fraction of sp³-hybridized carbons (Fsp3) is 0.0625. The lowest BCUT2D eigenvalue weighted by Crippen LogP contribution is -2.05. The number of anilines is 1. The minimum absolute atomic E-state index is 0.673. The van der Waals surface area contributed by atoms with E-state index in [-0.39, 0.29) is 0 Å². The van der Waals surface area contributed by atoms with Crippen molar-refractivity contribution in [3.8, 4) is 5.69 Å². The van der Waals surface area contributed by atoms with Crippen molar-refractivity contribution in [1.82, 2.24) is 9.78 Å². The number of benzene rings is 2. The van der Waals surface area contributed by atoms with E-state index in [1.807, 2.05) is 48.7 Å². The molecule has 0 bridgehead atoms. The molecule has 0 aliphatic rings. The summed E-state index contributed by atoms with van der Waals surface area (Å²) in [4.78, 5) is 0. The van der Waals surface area contributed by atoms with Gasteiger partial charge in [0.05, 0.1) is 10.7 Å². The fourth-order valence-electron chi connectivity index (χ4n) is 2.09. The largest absolute Gasteiger partial charge is 0.379 e. The third-order valence-corrected chi connectivity index (χ3v) is 3.35. The van der Waals surface area contributed by atoms with Crippen LogP contribution in [0.2, 0.25) is 5.02 Å². The number of halogens is 1. The second-order valence-corrected chi connectivity index (χ2v) is 4.83. The molecule has 3 nitrogen and oxygen atoms in total. The molecule has 1 N–H and O–H groups in total. The van der Waals surface area contributed by atoms with Gasteiger partial charge in [0.2, 0.25) is 0 Å². The summed E-state index contributed by atoms with van der Waals surface area (Å²) in [6, 6.07) is 17.9. The summed E-state index contributed by atoms with van der Waals surface area (Å²) < 4.78 is 1.77. The highest BCUT2D eigenvalue weighted by atomic mass is 35.5. The second kappa shape index (κ2) is 5.80. The van der Waals surface area contributed by atoms with Gasteiger partial charge in [0.25, 0.3) is 0 Å². The zero-order valence-corrected chi connectivity index (χ0v) is 11.6. The summed E-state index contributed by atoms with van der Waals surface area (Å²) in [5.41, 5.74) is 3.05. The van der Waals surface area contributed by atoms with E-state index < -0.39 is 0 Å². The molecule has 1 aromatic heterocycles. The lowest BCUT2D eigenvalue weighted by molar-refractivity contribution is 0.879. The summed E-state index contributed by atoms with van der Waals surface area (Å²) >= 11 is 6.30. The second-order valence-electron chi connectivity index (χ2n) is 4.43. The van der Waals surface area contributed by atoms with E-state index in [0.717, 1.165) is 17.9 Å². The molecular weight excluding hydrogens is 270 g/mol. The summed E-state index contributed by atoms with van der Waals surface area (Å²) in [6.45, 7) is 0.745. The van der Waals surface area contributed by atoms with Gasteiger partial charge in [-0.2, -0.15) is 5.10 Å². The van der Waals surface area contributed by atoms with Gasteiger partial charge in [-0.05, 0) is 23.8 Å². The molecule has 0 radical (unpaired) electrons. The van der Waals surface area contributed by atoms with Crippen LogP contribution in [0.3, 0.4) is 0 Å². The van der Waals surface area contributed by atoms with Crippen molar-refractivity contribution in [2.24, 2.45) is 0 Å². The number of hydrogen-bond acceptors (Lipinski definition) is 2. The Morgan fingerprint density at radius 2 is 1.85 bits per heavy atom. The molecule has 0 atom stereocenters. The van der Waals surface area contributed by atoms with Crippen molar-refractivity contribution in [2.75, 3.05) is 5.32 Å². The molecular formula is C16H14ClN3. The molecule has 0 unspecified atom stereocenters. The Hall–Kier alpha value is -2.26. The van der Waals surface area contributed by atoms with Crippen molar-refractivity contribution in [3.05, 3.63) is 77.6 Å². The third-order valence-electron chi connectivity index (χ3n) is 3.05. The molecule has 0 saturated heterocycles. The highest BCUT2D eigenvalue weighted by Crippen LogP contribution is 2.28. The molecule has 2 aromatic carbocycles. The Bertz CT molecular complexity index is 678. The summed E-state index contributed by atoms with van der Waals surface area (Å²) in [6.07, 6.45) is 3.62. The summed E-state index contributed by atoms with van der Waals surface area (Å²) in [5, 5.41) is 8.34. The van der Waals surface area contributed by atoms with E-state index in [2.05, 4.69) is 22.5 Å². The van der Waals surface area contributed by atoms with Gasteiger partial charge in [0.15, 0.2) is 0 Å². The zero-order chi connectivity index (χ0) is 13.8. The van der Waals surface area contributed by atoms with Crippen LogP contribution in [0, 0.1) is 0 Å². The zero-order valence-electron chi connectivity index (χ0n) is 10.8. The minimum atomic E-state index is 0.673. The van der Waals surface area contributed by atoms with E-state index in [0.29, 0.717) is 5.02 Å². The molecule has 0 aliphatic carbocycles. The van der Waals surface area contributed by atoms with Crippen LogP contribution in [0.1, 0.15) is 5.56 Å². The topological polar surface area (TPSA) is 29.9 Å². The predicted octanol–water partition coefficient (Wildman–Crippen LogP) is 4.14. The molecule has 1 heterocycles. The number of para-hydroxylation sites is 1. The van der Waals surface area contributed by atoms with E-state index in [1.54, 1.807) is 10.9 Å². The van der Waals surface area contributed by atoms with Gasteiger partial charge in [-0.25, -0.2) is 4.68 Å². The van der Waals surface area contributed by atoms with Gasteiger partial charge in [-0.1, -0.05) is 48.0 Å². The van der Waals surface area contributed by atoms with Crippen LogP contribution in [-0.4, -0.2) is 9.78 Å². The van der Waals surface area contributed by atoms with Gasteiger partial charge < -0.3 is 5.32 Å². The first-order valence-electron chi connectivity index (χ1n) is 6.41. The molecule has 0 spiro atoms. The first-order chi connectivity index (χ1) is 9.84. The Balaban J connectivity index is 1.88. The first-order valence-corrected chi connectivity index (χ1v) is 6.79. The maximum absolute atomic E-state index is 6.30. The van der Waals surface area contributed by atoms with E-state index >= 15 is 0 Å². The van der Waals surface area contributed by atoms with Crippen LogP contribution in [0.15, 0.2) is 67.0 Å².